The third kappa shape index (κ3) is 6.07. The average molecular weight is 270 g/mol. The van der Waals surface area contributed by atoms with E-state index in [2.05, 4.69) is 16.7 Å². The Labute approximate surface area is 115 Å². The molecule has 19 heavy (non-hydrogen) atoms. The zero-order valence-corrected chi connectivity index (χ0v) is 12.0. The quantitative estimate of drug-likeness (QED) is 0.615. The van der Waals surface area contributed by atoms with Gasteiger partial charge in [0.1, 0.15) is 0 Å². The first kappa shape index (κ1) is 16.0. The lowest BCUT2D eigenvalue weighted by atomic mass is 9.98. The Hall–Kier alpha value is -1.07. The molecule has 1 rings (SSSR count). The Balaban J connectivity index is 2.25. The average Bonchev–Trinajstić information content (AvgIpc) is 2.40. The van der Waals surface area contributed by atoms with Crippen molar-refractivity contribution in [3.05, 3.63) is 11.6 Å². The molecule has 5 nitrogen and oxygen atoms in total. The van der Waals surface area contributed by atoms with Gasteiger partial charge in [0, 0.05) is 6.54 Å². The molecule has 0 aliphatic carbocycles. The first-order valence-corrected chi connectivity index (χ1v) is 7.02. The molecule has 110 valence electrons. The smallest absolute Gasteiger partial charge is 0.315 e. The Morgan fingerprint density at radius 2 is 2.37 bits per heavy atom. The highest BCUT2D eigenvalue weighted by molar-refractivity contribution is 5.74. The van der Waals surface area contributed by atoms with Gasteiger partial charge in [-0.2, -0.15) is 0 Å². The molecule has 0 aromatic carbocycles. The molecule has 0 fully saturated rings. The number of amides is 2. The maximum Gasteiger partial charge on any atom is 0.315 e. The minimum absolute atomic E-state index is 0.0449. The van der Waals surface area contributed by atoms with Gasteiger partial charge in [0.15, 0.2) is 0 Å². The fourth-order valence-electron chi connectivity index (χ4n) is 2.18. The fraction of sp³-hybridized carbons (Fsp3) is 0.786. The van der Waals surface area contributed by atoms with Crippen LogP contribution in [0.15, 0.2) is 11.6 Å². The second-order valence-corrected chi connectivity index (χ2v) is 5.29. The number of aliphatic hydroxyl groups excluding tert-OH is 1. The van der Waals surface area contributed by atoms with Crippen LogP contribution in [0.1, 0.15) is 39.5 Å². The standard InChI is InChI=1S/C14H26N2O3/c1-3-7-14(2,11-17)16-13(18)15-8-4-12-5-9-19-10-6-12/h5,17H,3-4,6-11H2,1-2H3,(H2,15,16,18). The van der Waals surface area contributed by atoms with Crippen molar-refractivity contribution in [2.75, 3.05) is 26.4 Å². The van der Waals surface area contributed by atoms with Crippen LogP contribution in [-0.2, 0) is 4.74 Å². The number of hydrogen-bond acceptors (Lipinski definition) is 3. The van der Waals surface area contributed by atoms with Crippen molar-refractivity contribution in [2.45, 2.75) is 45.1 Å². The van der Waals surface area contributed by atoms with Crippen LogP contribution in [0.25, 0.3) is 0 Å². The predicted molar refractivity (Wildman–Crippen MR) is 75.1 cm³/mol. The van der Waals surface area contributed by atoms with E-state index in [9.17, 15) is 9.90 Å². The number of carbonyl (C=O) groups is 1. The van der Waals surface area contributed by atoms with E-state index in [-0.39, 0.29) is 12.6 Å². The molecule has 1 unspecified atom stereocenters. The van der Waals surface area contributed by atoms with Gasteiger partial charge in [0.2, 0.25) is 0 Å². The van der Waals surface area contributed by atoms with Crippen LogP contribution < -0.4 is 10.6 Å². The number of rotatable bonds is 7. The van der Waals surface area contributed by atoms with Gasteiger partial charge in [-0.3, -0.25) is 0 Å². The third-order valence-corrected chi connectivity index (χ3v) is 3.36. The summed E-state index contributed by atoms with van der Waals surface area (Å²) in [6, 6.07) is -0.211. The van der Waals surface area contributed by atoms with E-state index in [1.165, 1.54) is 5.57 Å². The zero-order valence-electron chi connectivity index (χ0n) is 12.0. The largest absolute Gasteiger partial charge is 0.394 e. The summed E-state index contributed by atoms with van der Waals surface area (Å²) < 4.78 is 5.23. The van der Waals surface area contributed by atoms with Crippen molar-refractivity contribution >= 4 is 6.03 Å². The van der Waals surface area contributed by atoms with E-state index in [0.717, 1.165) is 32.3 Å². The van der Waals surface area contributed by atoms with E-state index in [4.69, 9.17) is 4.74 Å². The molecule has 1 aliphatic rings. The summed E-state index contributed by atoms with van der Waals surface area (Å²) in [4.78, 5) is 11.8. The number of hydrogen-bond donors (Lipinski definition) is 3. The molecule has 0 bridgehead atoms. The lowest BCUT2D eigenvalue weighted by Crippen LogP contribution is -2.52. The first-order chi connectivity index (χ1) is 9.09. The predicted octanol–water partition coefficient (Wildman–Crippen LogP) is 1.57. The molecule has 1 atom stereocenters. The topological polar surface area (TPSA) is 70.6 Å². The van der Waals surface area contributed by atoms with Gasteiger partial charge in [0.25, 0.3) is 0 Å². The Kier molecular flexibility index (Phi) is 6.87. The molecule has 0 saturated carbocycles. The highest BCUT2D eigenvalue weighted by Crippen LogP contribution is 2.12. The molecular weight excluding hydrogens is 244 g/mol. The number of carbonyl (C=O) groups excluding carboxylic acids is 1. The third-order valence-electron chi connectivity index (χ3n) is 3.36. The zero-order chi connectivity index (χ0) is 14.1. The number of ether oxygens (including phenoxy) is 1. The van der Waals surface area contributed by atoms with Gasteiger partial charge in [-0.1, -0.05) is 25.0 Å². The molecule has 0 saturated heterocycles. The van der Waals surface area contributed by atoms with Crippen LogP contribution in [-0.4, -0.2) is 43.0 Å². The molecule has 0 radical (unpaired) electrons. The summed E-state index contributed by atoms with van der Waals surface area (Å²) in [6.45, 7) is 5.92. The van der Waals surface area contributed by atoms with Crippen LogP contribution in [0.5, 0.6) is 0 Å². The highest BCUT2D eigenvalue weighted by Gasteiger charge is 2.24. The highest BCUT2D eigenvalue weighted by atomic mass is 16.5. The second-order valence-electron chi connectivity index (χ2n) is 5.29. The van der Waals surface area contributed by atoms with Gasteiger partial charge >= 0.3 is 6.03 Å². The van der Waals surface area contributed by atoms with E-state index in [0.29, 0.717) is 13.2 Å². The molecular formula is C14H26N2O3. The van der Waals surface area contributed by atoms with E-state index in [1.54, 1.807) is 0 Å². The summed E-state index contributed by atoms with van der Waals surface area (Å²) in [6.07, 6.45) is 5.58. The molecule has 3 N–H and O–H groups in total. The van der Waals surface area contributed by atoms with Crippen LogP contribution >= 0.6 is 0 Å². The van der Waals surface area contributed by atoms with Crippen molar-refractivity contribution in [3.8, 4) is 0 Å². The van der Waals surface area contributed by atoms with Crippen molar-refractivity contribution in [3.63, 3.8) is 0 Å². The summed E-state index contributed by atoms with van der Waals surface area (Å²) in [5.74, 6) is 0. The van der Waals surface area contributed by atoms with Crippen molar-refractivity contribution in [1.29, 1.82) is 0 Å². The van der Waals surface area contributed by atoms with Crippen LogP contribution in [0.2, 0.25) is 0 Å². The summed E-state index contributed by atoms with van der Waals surface area (Å²) in [5, 5.41) is 15.0. The van der Waals surface area contributed by atoms with Gasteiger partial charge in [-0.15, -0.1) is 0 Å². The molecule has 1 heterocycles. The van der Waals surface area contributed by atoms with E-state index in [1.807, 2.05) is 13.8 Å². The van der Waals surface area contributed by atoms with E-state index >= 15 is 0 Å². The number of aliphatic hydroxyl groups is 1. The van der Waals surface area contributed by atoms with E-state index < -0.39 is 5.54 Å². The molecule has 0 spiro atoms. The van der Waals surface area contributed by atoms with Gasteiger partial charge in [-0.05, 0) is 26.2 Å². The van der Waals surface area contributed by atoms with Crippen LogP contribution in [0.3, 0.4) is 0 Å². The Bertz CT molecular complexity index is 318. The fourth-order valence-corrected chi connectivity index (χ4v) is 2.18. The lowest BCUT2D eigenvalue weighted by Gasteiger charge is -2.28. The first-order valence-electron chi connectivity index (χ1n) is 7.02. The van der Waals surface area contributed by atoms with Crippen molar-refractivity contribution < 1.29 is 14.6 Å². The maximum atomic E-state index is 11.8. The number of nitrogens with one attached hydrogen (secondary N) is 2. The minimum atomic E-state index is -0.531. The van der Waals surface area contributed by atoms with Gasteiger partial charge in [0.05, 0.1) is 25.4 Å². The molecule has 0 aromatic rings. The lowest BCUT2D eigenvalue weighted by molar-refractivity contribution is 0.153. The summed E-state index contributed by atoms with van der Waals surface area (Å²) >= 11 is 0. The molecule has 0 aromatic heterocycles. The van der Waals surface area contributed by atoms with Gasteiger partial charge < -0.3 is 20.5 Å². The monoisotopic (exact) mass is 270 g/mol. The Morgan fingerprint density at radius 3 is 2.95 bits per heavy atom. The summed E-state index contributed by atoms with van der Waals surface area (Å²) in [7, 11) is 0. The summed E-state index contributed by atoms with van der Waals surface area (Å²) in [5.41, 5.74) is 0.807. The van der Waals surface area contributed by atoms with Crippen molar-refractivity contribution in [1.82, 2.24) is 10.6 Å². The van der Waals surface area contributed by atoms with Crippen LogP contribution in [0, 0.1) is 0 Å². The van der Waals surface area contributed by atoms with Crippen molar-refractivity contribution in [2.24, 2.45) is 0 Å². The maximum absolute atomic E-state index is 11.8. The minimum Gasteiger partial charge on any atom is -0.394 e. The van der Waals surface area contributed by atoms with Gasteiger partial charge in [-0.25, -0.2) is 4.79 Å². The molecule has 5 heteroatoms. The normalized spacial score (nSPS) is 18.4. The second kappa shape index (κ2) is 8.17. The molecule has 2 amide bonds. The Morgan fingerprint density at radius 1 is 1.58 bits per heavy atom. The SMILES string of the molecule is CCCC(C)(CO)NC(=O)NCCC1=CCOCC1. The van der Waals surface area contributed by atoms with Crippen LogP contribution in [0.4, 0.5) is 4.79 Å². The molecule has 1 aliphatic heterocycles. The number of urea groups is 1.